The number of benzene rings is 1. The molecular formula is C29H37N5O3. The molecule has 196 valence electrons. The number of hydrogen-bond acceptors (Lipinski definition) is 6. The number of morpholine rings is 1. The van der Waals surface area contributed by atoms with Gasteiger partial charge in [-0.3, -0.25) is 9.48 Å². The zero-order valence-electron chi connectivity index (χ0n) is 21.8. The standard InChI is InChI=1S/C29H37N5O3/c1-21-7-9-34(31-21)10-8-28(35)33(20-26-6-3-13-37-26)19-25-17-24-16-22-4-2-5-23(22)18-27(24)30-29(25)32-11-14-36-15-12-32/h7,9,16-18,26H,2-6,8,10-15,19-20H2,1H3/t26-/m0/s1. The van der Waals surface area contributed by atoms with Crippen LogP contribution in [0.25, 0.3) is 10.9 Å². The van der Waals surface area contributed by atoms with Crippen molar-refractivity contribution in [1.82, 2.24) is 19.7 Å². The first-order valence-corrected chi connectivity index (χ1v) is 13.8. The van der Waals surface area contributed by atoms with Gasteiger partial charge in [0, 0.05) is 62.9 Å². The second-order valence-corrected chi connectivity index (χ2v) is 10.6. The molecule has 0 unspecified atom stereocenters. The number of aryl methyl sites for hydroxylation is 4. The third kappa shape index (κ3) is 5.50. The van der Waals surface area contributed by atoms with Crippen molar-refractivity contribution in [3.05, 3.63) is 52.8 Å². The molecule has 0 bridgehead atoms. The van der Waals surface area contributed by atoms with Crippen LogP contribution in [0.5, 0.6) is 0 Å². The van der Waals surface area contributed by atoms with E-state index in [1.54, 1.807) is 0 Å². The van der Waals surface area contributed by atoms with Crippen molar-refractivity contribution in [3.63, 3.8) is 0 Å². The van der Waals surface area contributed by atoms with Gasteiger partial charge in [-0.05, 0) is 74.4 Å². The normalized spacial score (nSPS) is 19.5. The van der Waals surface area contributed by atoms with Crippen LogP contribution in [0.2, 0.25) is 0 Å². The van der Waals surface area contributed by atoms with E-state index < -0.39 is 0 Å². The third-order valence-electron chi connectivity index (χ3n) is 7.89. The number of hydrogen-bond donors (Lipinski definition) is 0. The van der Waals surface area contributed by atoms with E-state index in [1.165, 1.54) is 22.9 Å². The van der Waals surface area contributed by atoms with Crippen LogP contribution in [0, 0.1) is 6.92 Å². The molecular weight excluding hydrogens is 466 g/mol. The second kappa shape index (κ2) is 10.8. The Bertz CT molecular complexity index is 1260. The Balaban J connectivity index is 1.31. The van der Waals surface area contributed by atoms with Gasteiger partial charge in [0.15, 0.2) is 0 Å². The van der Waals surface area contributed by atoms with E-state index in [2.05, 4.69) is 28.2 Å². The number of fused-ring (bicyclic) bond motifs is 2. The van der Waals surface area contributed by atoms with Crippen molar-refractivity contribution in [1.29, 1.82) is 0 Å². The fraction of sp³-hybridized carbons (Fsp3) is 0.552. The summed E-state index contributed by atoms with van der Waals surface area (Å²) in [6, 6.07) is 8.86. The Morgan fingerprint density at radius 1 is 1.11 bits per heavy atom. The van der Waals surface area contributed by atoms with E-state index >= 15 is 0 Å². The van der Waals surface area contributed by atoms with Crippen LogP contribution >= 0.6 is 0 Å². The summed E-state index contributed by atoms with van der Waals surface area (Å²) in [5, 5.41) is 5.63. The van der Waals surface area contributed by atoms with E-state index in [9.17, 15) is 4.79 Å². The molecule has 3 aliphatic rings. The number of aromatic nitrogens is 3. The highest BCUT2D eigenvalue weighted by Gasteiger charge is 2.26. The summed E-state index contributed by atoms with van der Waals surface area (Å²) in [4.78, 5) is 23.1. The molecule has 1 atom stereocenters. The molecule has 1 amide bonds. The van der Waals surface area contributed by atoms with Crippen molar-refractivity contribution >= 4 is 22.6 Å². The molecule has 37 heavy (non-hydrogen) atoms. The molecule has 8 nitrogen and oxygen atoms in total. The van der Waals surface area contributed by atoms with Gasteiger partial charge in [0.25, 0.3) is 0 Å². The first kappa shape index (κ1) is 24.4. The number of amides is 1. The average Bonchev–Trinajstić information content (AvgIpc) is 3.68. The molecule has 2 aromatic heterocycles. The summed E-state index contributed by atoms with van der Waals surface area (Å²) in [6.45, 7) is 7.50. The molecule has 3 aromatic rings. The lowest BCUT2D eigenvalue weighted by Gasteiger charge is -2.32. The van der Waals surface area contributed by atoms with Crippen LogP contribution in [0.15, 0.2) is 30.5 Å². The zero-order chi connectivity index (χ0) is 25.2. The van der Waals surface area contributed by atoms with Crippen molar-refractivity contribution in [2.45, 2.75) is 64.6 Å². The third-order valence-corrected chi connectivity index (χ3v) is 7.89. The summed E-state index contributed by atoms with van der Waals surface area (Å²) in [5.74, 6) is 1.12. The number of pyridine rings is 1. The Morgan fingerprint density at radius 2 is 1.95 bits per heavy atom. The summed E-state index contributed by atoms with van der Waals surface area (Å²) in [7, 11) is 0. The Morgan fingerprint density at radius 3 is 2.70 bits per heavy atom. The number of ether oxygens (including phenoxy) is 2. The van der Waals surface area contributed by atoms with Gasteiger partial charge in [-0.1, -0.05) is 0 Å². The molecule has 2 fully saturated rings. The van der Waals surface area contributed by atoms with E-state index in [0.29, 0.717) is 39.3 Å². The lowest BCUT2D eigenvalue weighted by atomic mass is 10.0. The lowest BCUT2D eigenvalue weighted by Crippen LogP contribution is -2.40. The van der Waals surface area contributed by atoms with Crippen LogP contribution in [0.1, 0.15) is 48.1 Å². The maximum absolute atomic E-state index is 13.6. The van der Waals surface area contributed by atoms with Crippen molar-refractivity contribution in [3.8, 4) is 0 Å². The average molecular weight is 504 g/mol. The lowest BCUT2D eigenvalue weighted by molar-refractivity contribution is -0.133. The smallest absolute Gasteiger partial charge is 0.224 e. The van der Waals surface area contributed by atoms with E-state index in [0.717, 1.165) is 68.0 Å². The number of nitrogens with zero attached hydrogens (tertiary/aromatic N) is 5. The van der Waals surface area contributed by atoms with Crippen molar-refractivity contribution in [2.75, 3.05) is 44.4 Å². The molecule has 1 aliphatic carbocycles. The molecule has 4 heterocycles. The minimum absolute atomic E-state index is 0.0967. The summed E-state index contributed by atoms with van der Waals surface area (Å²) >= 11 is 0. The highest BCUT2D eigenvalue weighted by atomic mass is 16.5. The highest BCUT2D eigenvalue weighted by Crippen LogP contribution is 2.31. The van der Waals surface area contributed by atoms with Crippen LogP contribution in [-0.2, 0) is 40.2 Å². The van der Waals surface area contributed by atoms with Gasteiger partial charge >= 0.3 is 0 Å². The molecule has 2 aliphatic heterocycles. The quantitative estimate of drug-likeness (QED) is 0.467. The largest absolute Gasteiger partial charge is 0.378 e. The minimum atomic E-state index is 0.0967. The van der Waals surface area contributed by atoms with E-state index in [4.69, 9.17) is 14.5 Å². The Kier molecular flexibility index (Phi) is 7.11. The van der Waals surface area contributed by atoms with Crippen LogP contribution < -0.4 is 4.90 Å². The number of anilines is 1. The molecule has 1 aromatic carbocycles. The van der Waals surface area contributed by atoms with Gasteiger partial charge < -0.3 is 19.3 Å². The molecule has 2 saturated heterocycles. The van der Waals surface area contributed by atoms with Crippen LogP contribution in [-0.4, -0.2) is 71.1 Å². The minimum Gasteiger partial charge on any atom is -0.378 e. The van der Waals surface area contributed by atoms with Gasteiger partial charge in [0.2, 0.25) is 5.91 Å². The van der Waals surface area contributed by atoms with Crippen molar-refractivity contribution in [2.24, 2.45) is 0 Å². The zero-order valence-corrected chi connectivity index (χ0v) is 21.8. The maximum Gasteiger partial charge on any atom is 0.224 e. The summed E-state index contributed by atoms with van der Waals surface area (Å²) < 4.78 is 13.4. The maximum atomic E-state index is 13.6. The molecule has 0 saturated carbocycles. The predicted octanol–water partition coefficient (Wildman–Crippen LogP) is 3.66. The van der Waals surface area contributed by atoms with Crippen LogP contribution in [0.3, 0.4) is 0 Å². The molecule has 0 radical (unpaired) electrons. The Labute approximate surface area is 218 Å². The second-order valence-electron chi connectivity index (χ2n) is 10.6. The van der Waals surface area contributed by atoms with Crippen LogP contribution in [0.4, 0.5) is 5.82 Å². The highest BCUT2D eigenvalue weighted by molar-refractivity contribution is 5.84. The fourth-order valence-electron chi connectivity index (χ4n) is 5.90. The SMILES string of the molecule is Cc1ccn(CCC(=O)N(Cc2cc3cc4c(cc3nc2N2CCOCC2)CCC4)C[C@@H]2CCCO2)n1. The van der Waals surface area contributed by atoms with E-state index in [-0.39, 0.29) is 12.0 Å². The molecule has 0 N–H and O–H groups in total. The topological polar surface area (TPSA) is 72.7 Å². The molecule has 6 rings (SSSR count). The number of carbonyl (C=O) groups is 1. The number of rotatable bonds is 8. The van der Waals surface area contributed by atoms with Gasteiger partial charge in [0.05, 0.1) is 30.5 Å². The van der Waals surface area contributed by atoms with E-state index in [1.807, 2.05) is 28.8 Å². The van der Waals surface area contributed by atoms with Crippen molar-refractivity contribution < 1.29 is 14.3 Å². The van der Waals surface area contributed by atoms with Gasteiger partial charge in [0.1, 0.15) is 5.82 Å². The summed E-state index contributed by atoms with van der Waals surface area (Å²) in [5.41, 5.74) is 6.00. The monoisotopic (exact) mass is 503 g/mol. The Hall–Kier alpha value is -2.97. The predicted molar refractivity (Wildman–Crippen MR) is 143 cm³/mol. The van der Waals surface area contributed by atoms with Gasteiger partial charge in [-0.25, -0.2) is 4.98 Å². The molecule has 8 heteroatoms. The molecule has 0 spiro atoms. The fourth-order valence-corrected chi connectivity index (χ4v) is 5.90. The first-order valence-electron chi connectivity index (χ1n) is 13.8. The van der Waals surface area contributed by atoms with Gasteiger partial charge in [-0.15, -0.1) is 0 Å². The summed E-state index contributed by atoms with van der Waals surface area (Å²) in [6.07, 6.45) is 8.00. The van der Waals surface area contributed by atoms with Gasteiger partial charge in [-0.2, -0.15) is 5.10 Å². The number of carbonyl (C=O) groups excluding carboxylic acids is 1. The first-order chi connectivity index (χ1) is 18.1.